The molecule has 0 unspecified atom stereocenters. The van der Waals surface area contributed by atoms with Crippen LogP contribution in [0.2, 0.25) is 0 Å². The maximum Gasteiger partial charge on any atom is 0.143 e. The van der Waals surface area contributed by atoms with E-state index in [1.165, 1.54) is 0 Å². The molecule has 3 nitrogen and oxygen atoms in total. The number of hydrogen-bond donors (Lipinski definition) is 0. The number of pyridine rings is 2. The Bertz CT molecular complexity index is 2140. The van der Waals surface area contributed by atoms with Gasteiger partial charge >= 0.3 is 0 Å². The number of hydrogen-bond acceptors (Lipinski definition) is 3. The average molecular weight is 473 g/mol. The fourth-order valence-electron chi connectivity index (χ4n) is 5.46. The molecule has 0 amide bonds. The molecule has 0 aliphatic heterocycles. The second kappa shape index (κ2) is 7.74. The molecule has 0 saturated heterocycles. The van der Waals surface area contributed by atoms with Crippen molar-refractivity contribution in [3.63, 3.8) is 0 Å². The van der Waals surface area contributed by atoms with E-state index in [1.807, 2.05) is 30.3 Å². The number of rotatable bonds is 2. The zero-order chi connectivity index (χ0) is 24.3. The summed E-state index contributed by atoms with van der Waals surface area (Å²) < 4.78 is 6.28. The maximum atomic E-state index is 6.28. The van der Waals surface area contributed by atoms with Crippen molar-refractivity contribution in [1.82, 2.24) is 9.97 Å². The second-order valence-corrected chi connectivity index (χ2v) is 9.41. The molecule has 172 valence electrons. The van der Waals surface area contributed by atoms with Gasteiger partial charge in [0.25, 0.3) is 0 Å². The van der Waals surface area contributed by atoms with Gasteiger partial charge < -0.3 is 4.42 Å². The topological polar surface area (TPSA) is 38.9 Å². The van der Waals surface area contributed by atoms with Crippen molar-refractivity contribution in [2.45, 2.75) is 0 Å². The fraction of sp³-hybridized carbons (Fsp3) is 0. The first-order valence-electron chi connectivity index (χ1n) is 12.4. The Balaban J connectivity index is 1.33. The minimum atomic E-state index is 0.910. The molecule has 0 aliphatic rings. The van der Waals surface area contributed by atoms with E-state index in [-0.39, 0.29) is 0 Å². The zero-order valence-electron chi connectivity index (χ0n) is 19.8. The van der Waals surface area contributed by atoms with E-state index in [0.29, 0.717) is 0 Å². The Morgan fingerprint density at radius 2 is 1.19 bits per heavy atom. The first kappa shape index (κ1) is 20.2. The quantitative estimate of drug-likeness (QED) is 0.186. The van der Waals surface area contributed by atoms with Gasteiger partial charge in [-0.25, -0.2) is 9.97 Å². The minimum absolute atomic E-state index is 0.910. The summed E-state index contributed by atoms with van der Waals surface area (Å²) in [5.74, 6) is 0. The predicted molar refractivity (Wildman–Crippen MR) is 153 cm³/mol. The van der Waals surface area contributed by atoms with Crippen LogP contribution in [0.15, 0.2) is 126 Å². The predicted octanol–water partition coefficient (Wildman–Crippen LogP) is 9.17. The van der Waals surface area contributed by atoms with Gasteiger partial charge in [0.05, 0.1) is 22.2 Å². The zero-order valence-corrected chi connectivity index (χ0v) is 19.8. The molecule has 3 heteroatoms. The highest BCUT2D eigenvalue weighted by atomic mass is 16.3. The average Bonchev–Trinajstić information content (AvgIpc) is 3.35. The number of furan rings is 1. The van der Waals surface area contributed by atoms with Gasteiger partial charge in [0.15, 0.2) is 0 Å². The molecular weight excluding hydrogens is 452 g/mol. The van der Waals surface area contributed by atoms with Crippen LogP contribution in [0.1, 0.15) is 0 Å². The SMILES string of the molecule is c1ccc2nc3c(cc2c1)c(-c1ccc(-c2cccc4c2oc2ccccc24)cc1)nc1ccccc13. The third kappa shape index (κ3) is 3.08. The molecule has 0 radical (unpaired) electrons. The van der Waals surface area contributed by atoms with Gasteiger partial charge in [0.2, 0.25) is 0 Å². The van der Waals surface area contributed by atoms with E-state index in [1.54, 1.807) is 0 Å². The molecule has 0 saturated carbocycles. The molecule has 0 fully saturated rings. The minimum Gasteiger partial charge on any atom is -0.455 e. The van der Waals surface area contributed by atoms with Crippen molar-refractivity contribution in [3.05, 3.63) is 121 Å². The normalized spacial score (nSPS) is 11.8. The van der Waals surface area contributed by atoms with Crippen LogP contribution in [-0.4, -0.2) is 9.97 Å². The lowest BCUT2D eigenvalue weighted by molar-refractivity contribution is 0.670. The Kier molecular flexibility index (Phi) is 4.23. The summed E-state index contributed by atoms with van der Waals surface area (Å²) in [5.41, 5.74) is 8.96. The largest absolute Gasteiger partial charge is 0.455 e. The lowest BCUT2D eigenvalue weighted by Crippen LogP contribution is -1.92. The number of para-hydroxylation sites is 4. The van der Waals surface area contributed by atoms with Crippen LogP contribution in [0.3, 0.4) is 0 Å². The smallest absolute Gasteiger partial charge is 0.143 e. The molecule has 37 heavy (non-hydrogen) atoms. The van der Waals surface area contributed by atoms with E-state index in [2.05, 4.69) is 91.0 Å². The van der Waals surface area contributed by atoms with Crippen LogP contribution in [0.25, 0.3) is 77.0 Å². The maximum absolute atomic E-state index is 6.28. The Hall–Kier alpha value is -5.02. The van der Waals surface area contributed by atoms with Crippen molar-refractivity contribution in [2.24, 2.45) is 0 Å². The van der Waals surface area contributed by atoms with Gasteiger partial charge in [-0.1, -0.05) is 97.1 Å². The standard InChI is InChI=1S/C34H20N2O/c1-4-13-29-23(8-1)20-28-32(36-30-14-5-2-10-27(30)33(28)35-29)22-18-16-21(17-19-22)24-11-7-12-26-25-9-3-6-15-31(25)37-34(24)26/h1-20H. The molecule has 8 aromatic rings. The van der Waals surface area contributed by atoms with Crippen LogP contribution in [0.4, 0.5) is 0 Å². The molecule has 0 bridgehead atoms. The summed E-state index contributed by atoms with van der Waals surface area (Å²) in [4.78, 5) is 10.2. The summed E-state index contributed by atoms with van der Waals surface area (Å²) in [6.45, 7) is 0. The van der Waals surface area contributed by atoms with Gasteiger partial charge in [-0.05, 0) is 29.8 Å². The molecule has 0 spiro atoms. The van der Waals surface area contributed by atoms with Crippen LogP contribution in [0, 0.1) is 0 Å². The highest BCUT2D eigenvalue weighted by Gasteiger charge is 2.15. The first-order chi connectivity index (χ1) is 18.3. The summed E-state index contributed by atoms with van der Waals surface area (Å²) in [7, 11) is 0. The highest BCUT2D eigenvalue weighted by Crippen LogP contribution is 2.38. The lowest BCUT2D eigenvalue weighted by Gasteiger charge is -2.11. The van der Waals surface area contributed by atoms with Crippen LogP contribution >= 0.6 is 0 Å². The Morgan fingerprint density at radius 3 is 2.08 bits per heavy atom. The molecular formula is C34H20N2O. The van der Waals surface area contributed by atoms with Crippen LogP contribution in [0.5, 0.6) is 0 Å². The van der Waals surface area contributed by atoms with Crippen molar-refractivity contribution in [1.29, 1.82) is 0 Å². The summed E-state index contributed by atoms with van der Waals surface area (Å²) in [5, 5.41) is 5.52. The third-order valence-electron chi connectivity index (χ3n) is 7.24. The Morgan fingerprint density at radius 1 is 0.486 bits per heavy atom. The molecule has 8 rings (SSSR count). The number of aromatic nitrogens is 2. The number of benzene rings is 5. The third-order valence-corrected chi connectivity index (χ3v) is 7.24. The van der Waals surface area contributed by atoms with Gasteiger partial charge in [-0.3, -0.25) is 0 Å². The van der Waals surface area contributed by atoms with Gasteiger partial charge in [0.1, 0.15) is 11.2 Å². The van der Waals surface area contributed by atoms with Crippen molar-refractivity contribution in [2.75, 3.05) is 0 Å². The molecule has 3 aromatic heterocycles. The van der Waals surface area contributed by atoms with E-state index in [9.17, 15) is 0 Å². The fourth-order valence-corrected chi connectivity index (χ4v) is 5.46. The van der Waals surface area contributed by atoms with E-state index < -0.39 is 0 Å². The lowest BCUT2D eigenvalue weighted by atomic mass is 9.98. The molecule has 0 N–H and O–H groups in total. The summed E-state index contributed by atoms with van der Waals surface area (Å²) >= 11 is 0. The van der Waals surface area contributed by atoms with Crippen LogP contribution in [-0.2, 0) is 0 Å². The number of fused-ring (bicyclic) bond motifs is 7. The van der Waals surface area contributed by atoms with Crippen molar-refractivity contribution >= 4 is 54.6 Å². The highest BCUT2D eigenvalue weighted by molar-refractivity contribution is 6.12. The van der Waals surface area contributed by atoms with Crippen LogP contribution < -0.4 is 0 Å². The molecule has 5 aromatic carbocycles. The van der Waals surface area contributed by atoms with Gasteiger partial charge in [0, 0.05) is 38.1 Å². The molecule has 0 atom stereocenters. The summed E-state index contributed by atoms with van der Waals surface area (Å²) in [6.07, 6.45) is 0. The summed E-state index contributed by atoms with van der Waals surface area (Å²) in [6, 6.07) is 41.9. The molecule has 0 aliphatic carbocycles. The Labute approximate surface area is 212 Å². The van der Waals surface area contributed by atoms with Crippen molar-refractivity contribution in [3.8, 4) is 22.4 Å². The van der Waals surface area contributed by atoms with Gasteiger partial charge in [-0.2, -0.15) is 0 Å². The first-order valence-corrected chi connectivity index (χ1v) is 12.4. The van der Waals surface area contributed by atoms with Crippen molar-refractivity contribution < 1.29 is 4.42 Å². The van der Waals surface area contributed by atoms with E-state index >= 15 is 0 Å². The monoisotopic (exact) mass is 472 g/mol. The van der Waals surface area contributed by atoms with E-state index in [0.717, 1.165) is 77.0 Å². The van der Waals surface area contributed by atoms with Gasteiger partial charge in [-0.15, -0.1) is 0 Å². The van der Waals surface area contributed by atoms with E-state index in [4.69, 9.17) is 14.4 Å². The second-order valence-electron chi connectivity index (χ2n) is 9.41. The molecule has 3 heterocycles. The number of nitrogens with zero attached hydrogens (tertiary/aromatic N) is 2.